The van der Waals surface area contributed by atoms with E-state index in [2.05, 4.69) is 9.97 Å². The van der Waals surface area contributed by atoms with E-state index in [0.29, 0.717) is 11.4 Å². The van der Waals surface area contributed by atoms with Gasteiger partial charge in [0.1, 0.15) is 4.90 Å². The van der Waals surface area contributed by atoms with Gasteiger partial charge in [0.05, 0.1) is 22.5 Å². The van der Waals surface area contributed by atoms with Crippen molar-refractivity contribution in [1.29, 1.82) is 0 Å². The standard InChI is InChI=1S/C9H7N3O2S3/c1-12-5-2-3-16-8(5)7-6(17(12,13)14)4-10-9(15)11-7/h2-4H,1H3,(H,10,11,15). The van der Waals surface area contributed by atoms with Crippen LogP contribution < -0.4 is 4.31 Å². The van der Waals surface area contributed by atoms with Crippen molar-refractivity contribution in [1.82, 2.24) is 9.97 Å². The molecule has 0 radical (unpaired) electrons. The Bertz CT molecular complexity index is 760. The molecule has 0 atom stereocenters. The minimum atomic E-state index is -3.52. The van der Waals surface area contributed by atoms with Crippen molar-refractivity contribution < 1.29 is 8.42 Å². The average molecular weight is 285 g/mol. The van der Waals surface area contributed by atoms with Crippen molar-refractivity contribution in [3.63, 3.8) is 0 Å². The van der Waals surface area contributed by atoms with Crippen molar-refractivity contribution in [2.45, 2.75) is 4.90 Å². The normalized spacial score (nSPS) is 16.4. The molecule has 0 amide bonds. The molecule has 8 heteroatoms. The minimum absolute atomic E-state index is 0.170. The lowest BCUT2D eigenvalue weighted by molar-refractivity contribution is 0.593. The van der Waals surface area contributed by atoms with Crippen LogP contribution in [0.1, 0.15) is 0 Å². The highest BCUT2D eigenvalue weighted by atomic mass is 32.2. The molecule has 1 aliphatic heterocycles. The zero-order valence-corrected chi connectivity index (χ0v) is 11.1. The van der Waals surface area contributed by atoms with Crippen molar-refractivity contribution in [3.05, 3.63) is 22.4 Å². The zero-order valence-electron chi connectivity index (χ0n) is 8.67. The van der Waals surface area contributed by atoms with Crippen LogP contribution in [0.2, 0.25) is 0 Å². The summed E-state index contributed by atoms with van der Waals surface area (Å²) in [7, 11) is -1.99. The first-order valence-electron chi connectivity index (χ1n) is 4.68. The minimum Gasteiger partial charge on any atom is -0.328 e. The first-order valence-corrected chi connectivity index (χ1v) is 7.41. The van der Waals surface area contributed by atoms with Gasteiger partial charge in [0.15, 0.2) is 4.77 Å². The molecule has 0 bridgehead atoms. The van der Waals surface area contributed by atoms with Gasteiger partial charge in [-0.15, -0.1) is 11.3 Å². The predicted octanol–water partition coefficient (Wildman–Crippen LogP) is 2.01. The van der Waals surface area contributed by atoms with Crippen LogP contribution in [0.4, 0.5) is 5.69 Å². The second kappa shape index (κ2) is 3.37. The largest absolute Gasteiger partial charge is 0.328 e. The summed E-state index contributed by atoms with van der Waals surface area (Å²) in [6.07, 6.45) is 1.31. The lowest BCUT2D eigenvalue weighted by Gasteiger charge is -2.25. The van der Waals surface area contributed by atoms with E-state index in [-0.39, 0.29) is 9.67 Å². The van der Waals surface area contributed by atoms with Gasteiger partial charge in [-0.05, 0) is 23.7 Å². The molecule has 2 aromatic heterocycles. The van der Waals surface area contributed by atoms with Gasteiger partial charge in [0.2, 0.25) is 0 Å². The number of hydrogen-bond donors (Lipinski definition) is 1. The van der Waals surface area contributed by atoms with Gasteiger partial charge in [-0.2, -0.15) is 0 Å². The molecular formula is C9H7N3O2S3. The number of hydrogen-bond acceptors (Lipinski definition) is 5. The Hall–Kier alpha value is -1.25. The van der Waals surface area contributed by atoms with Gasteiger partial charge in [0.25, 0.3) is 10.0 Å². The molecule has 88 valence electrons. The van der Waals surface area contributed by atoms with Gasteiger partial charge in [-0.3, -0.25) is 4.31 Å². The third-order valence-electron chi connectivity index (χ3n) is 2.63. The summed E-state index contributed by atoms with van der Waals surface area (Å²) < 4.78 is 26.0. The number of anilines is 1. The Labute approximate surface area is 107 Å². The quantitative estimate of drug-likeness (QED) is 0.752. The Kier molecular flexibility index (Phi) is 2.16. The van der Waals surface area contributed by atoms with E-state index in [1.54, 1.807) is 6.07 Å². The molecule has 1 aliphatic rings. The number of sulfonamides is 1. The zero-order chi connectivity index (χ0) is 12.2. The fourth-order valence-electron chi connectivity index (χ4n) is 1.76. The second-order valence-electron chi connectivity index (χ2n) is 3.54. The number of nitrogens with one attached hydrogen (secondary N) is 1. The van der Waals surface area contributed by atoms with Crippen LogP contribution in [0.5, 0.6) is 0 Å². The number of fused-ring (bicyclic) bond motifs is 3. The van der Waals surface area contributed by atoms with E-state index in [1.807, 2.05) is 5.38 Å². The number of aromatic amines is 1. The van der Waals surface area contributed by atoms with E-state index >= 15 is 0 Å². The molecule has 0 spiro atoms. The van der Waals surface area contributed by atoms with E-state index < -0.39 is 10.0 Å². The summed E-state index contributed by atoms with van der Waals surface area (Å²) in [4.78, 5) is 7.73. The van der Waals surface area contributed by atoms with Crippen molar-refractivity contribution in [2.75, 3.05) is 11.4 Å². The number of nitrogens with zero attached hydrogens (tertiary/aromatic N) is 2. The summed E-state index contributed by atoms with van der Waals surface area (Å²) in [5.41, 5.74) is 1.20. The predicted molar refractivity (Wildman–Crippen MR) is 68.3 cm³/mol. The molecule has 17 heavy (non-hydrogen) atoms. The molecule has 2 aromatic rings. The maximum Gasteiger partial charge on any atom is 0.267 e. The van der Waals surface area contributed by atoms with Gasteiger partial charge < -0.3 is 4.98 Å². The molecule has 0 saturated heterocycles. The summed E-state index contributed by atoms with van der Waals surface area (Å²) in [6, 6.07) is 1.78. The SMILES string of the molecule is CN1c2ccsc2-c2[nH]c(=S)ncc2S1(=O)=O. The highest BCUT2D eigenvalue weighted by Crippen LogP contribution is 2.43. The van der Waals surface area contributed by atoms with Gasteiger partial charge in [0, 0.05) is 7.05 Å². The monoisotopic (exact) mass is 285 g/mol. The molecule has 5 nitrogen and oxygen atoms in total. The molecule has 0 aliphatic carbocycles. The van der Waals surface area contributed by atoms with Crippen LogP contribution in [-0.2, 0) is 10.0 Å². The highest BCUT2D eigenvalue weighted by molar-refractivity contribution is 7.93. The lowest BCUT2D eigenvalue weighted by Crippen LogP contribution is -2.30. The topological polar surface area (TPSA) is 66.1 Å². The Balaban J connectivity index is 2.49. The van der Waals surface area contributed by atoms with Crippen LogP contribution in [0.3, 0.4) is 0 Å². The van der Waals surface area contributed by atoms with E-state index in [0.717, 1.165) is 4.88 Å². The molecule has 1 N–H and O–H groups in total. The van der Waals surface area contributed by atoms with Crippen LogP contribution in [0.25, 0.3) is 10.6 Å². The third-order valence-corrected chi connectivity index (χ3v) is 5.54. The number of H-pyrrole nitrogens is 1. The third kappa shape index (κ3) is 1.38. The molecule has 0 saturated carbocycles. The Morgan fingerprint density at radius 2 is 2.29 bits per heavy atom. The molecule has 0 unspecified atom stereocenters. The molecule has 0 aromatic carbocycles. The number of thiophene rings is 1. The fourth-order valence-corrected chi connectivity index (χ4v) is 4.28. The fraction of sp³-hybridized carbons (Fsp3) is 0.111. The van der Waals surface area contributed by atoms with Crippen LogP contribution in [0.15, 0.2) is 22.5 Å². The second-order valence-corrected chi connectivity index (χ2v) is 6.78. The Morgan fingerprint density at radius 3 is 3.06 bits per heavy atom. The Morgan fingerprint density at radius 1 is 1.53 bits per heavy atom. The van der Waals surface area contributed by atoms with Crippen LogP contribution >= 0.6 is 23.6 Å². The summed E-state index contributed by atoms with van der Waals surface area (Å²) >= 11 is 6.40. The summed E-state index contributed by atoms with van der Waals surface area (Å²) in [5, 5.41) is 1.85. The van der Waals surface area contributed by atoms with Crippen molar-refractivity contribution in [3.8, 4) is 10.6 Å². The lowest BCUT2D eigenvalue weighted by atomic mass is 10.3. The first kappa shape index (κ1) is 10.9. The molecular weight excluding hydrogens is 278 g/mol. The maximum atomic E-state index is 12.2. The smallest absolute Gasteiger partial charge is 0.267 e. The highest BCUT2D eigenvalue weighted by Gasteiger charge is 2.34. The van der Waals surface area contributed by atoms with Gasteiger partial charge in [-0.1, -0.05) is 0 Å². The molecule has 0 fully saturated rings. The van der Waals surface area contributed by atoms with Crippen LogP contribution in [-0.4, -0.2) is 25.4 Å². The summed E-state index contributed by atoms with van der Waals surface area (Å²) in [5.74, 6) is 0. The van der Waals surface area contributed by atoms with E-state index in [9.17, 15) is 8.42 Å². The number of rotatable bonds is 0. The van der Waals surface area contributed by atoms with Crippen LogP contribution in [0, 0.1) is 4.77 Å². The van der Waals surface area contributed by atoms with E-state index in [1.165, 1.54) is 28.9 Å². The average Bonchev–Trinajstić information content (AvgIpc) is 2.75. The maximum absolute atomic E-state index is 12.2. The van der Waals surface area contributed by atoms with Crippen molar-refractivity contribution in [2.24, 2.45) is 0 Å². The van der Waals surface area contributed by atoms with Crippen molar-refractivity contribution >= 4 is 39.3 Å². The van der Waals surface area contributed by atoms with E-state index in [4.69, 9.17) is 12.2 Å². The van der Waals surface area contributed by atoms with Gasteiger partial charge in [-0.25, -0.2) is 13.4 Å². The number of aromatic nitrogens is 2. The first-order chi connectivity index (χ1) is 8.01. The molecule has 3 rings (SSSR count). The summed E-state index contributed by atoms with van der Waals surface area (Å²) in [6.45, 7) is 0. The van der Waals surface area contributed by atoms with Gasteiger partial charge >= 0.3 is 0 Å². The molecule has 3 heterocycles.